The van der Waals surface area contributed by atoms with Crippen molar-refractivity contribution in [1.82, 2.24) is 19.8 Å². The van der Waals surface area contributed by atoms with Gasteiger partial charge in [-0.3, -0.25) is 4.90 Å². The van der Waals surface area contributed by atoms with Crippen LogP contribution in [-0.4, -0.2) is 54.3 Å². The van der Waals surface area contributed by atoms with Crippen LogP contribution in [0.2, 0.25) is 5.15 Å². The summed E-state index contributed by atoms with van der Waals surface area (Å²) in [5.41, 5.74) is 1.07. The first-order valence-electron chi connectivity index (χ1n) is 5.87. The molecule has 0 radical (unpaired) electrons. The van der Waals surface area contributed by atoms with Gasteiger partial charge in [-0.05, 0) is 7.05 Å². The number of hydrogen-bond donors (Lipinski definition) is 1. The molecule has 5 nitrogen and oxygen atoms in total. The number of ether oxygens (including phenoxy) is 1. The summed E-state index contributed by atoms with van der Waals surface area (Å²) in [6.45, 7) is 4.31. The van der Waals surface area contributed by atoms with Crippen molar-refractivity contribution in [3.05, 3.63) is 17.2 Å². The fraction of sp³-hybridized carbons (Fsp3) is 0.727. The topological polar surface area (TPSA) is 42.3 Å². The summed E-state index contributed by atoms with van der Waals surface area (Å²) in [5.74, 6) is 0. The van der Waals surface area contributed by atoms with Crippen molar-refractivity contribution in [3.8, 4) is 0 Å². The van der Waals surface area contributed by atoms with Gasteiger partial charge in [0, 0.05) is 26.7 Å². The van der Waals surface area contributed by atoms with E-state index >= 15 is 0 Å². The summed E-state index contributed by atoms with van der Waals surface area (Å²) >= 11 is 6.18. The fourth-order valence-electron chi connectivity index (χ4n) is 2.26. The fourth-order valence-corrected chi connectivity index (χ4v) is 2.57. The SMILES string of the molecule is CNCC(c1c(Cl)ncn1C)N1CCOCC1. The van der Waals surface area contributed by atoms with Crippen molar-refractivity contribution in [2.45, 2.75) is 6.04 Å². The smallest absolute Gasteiger partial charge is 0.151 e. The minimum absolute atomic E-state index is 0.254. The third-order valence-electron chi connectivity index (χ3n) is 3.14. The normalized spacial score (nSPS) is 19.5. The van der Waals surface area contributed by atoms with E-state index in [9.17, 15) is 0 Å². The summed E-state index contributed by atoms with van der Waals surface area (Å²) in [5, 5.41) is 3.82. The molecule has 17 heavy (non-hydrogen) atoms. The molecule has 6 heteroatoms. The van der Waals surface area contributed by atoms with E-state index in [-0.39, 0.29) is 6.04 Å². The molecule has 2 rings (SSSR count). The van der Waals surface area contributed by atoms with Gasteiger partial charge in [-0.15, -0.1) is 0 Å². The maximum Gasteiger partial charge on any atom is 0.151 e. The van der Waals surface area contributed by atoms with E-state index in [1.165, 1.54) is 0 Å². The highest BCUT2D eigenvalue weighted by molar-refractivity contribution is 6.30. The third kappa shape index (κ3) is 2.80. The molecule has 0 spiro atoms. The van der Waals surface area contributed by atoms with E-state index in [4.69, 9.17) is 16.3 Å². The molecule has 1 saturated heterocycles. The van der Waals surface area contributed by atoms with Gasteiger partial charge in [-0.2, -0.15) is 0 Å². The lowest BCUT2D eigenvalue weighted by Gasteiger charge is -2.34. The molecular weight excluding hydrogens is 240 g/mol. The highest BCUT2D eigenvalue weighted by Crippen LogP contribution is 2.26. The second-order valence-electron chi connectivity index (χ2n) is 4.25. The lowest BCUT2D eigenvalue weighted by atomic mass is 10.1. The number of imidazole rings is 1. The Morgan fingerprint density at radius 2 is 2.24 bits per heavy atom. The van der Waals surface area contributed by atoms with Crippen LogP contribution >= 0.6 is 11.6 Å². The average molecular weight is 259 g/mol. The molecule has 0 aliphatic carbocycles. The van der Waals surface area contributed by atoms with Crippen LogP contribution in [-0.2, 0) is 11.8 Å². The van der Waals surface area contributed by atoms with Gasteiger partial charge in [-0.25, -0.2) is 4.98 Å². The Bertz CT molecular complexity index is 343. The van der Waals surface area contributed by atoms with Gasteiger partial charge in [0.2, 0.25) is 0 Å². The van der Waals surface area contributed by atoms with Gasteiger partial charge in [0.15, 0.2) is 5.15 Å². The van der Waals surface area contributed by atoms with Crippen LogP contribution in [0.15, 0.2) is 6.33 Å². The van der Waals surface area contributed by atoms with Gasteiger partial charge < -0.3 is 14.6 Å². The Balaban J connectivity index is 2.21. The van der Waals surface area contributed by atoms with Crippen LogP contribution in [0.25, 0.3) is 0 Å². The minimum atomic E-state index is 0.254. The van der Waals surface area contributed by atoms with E-state index < -0.39 is 0 Å². The summed E-state index contributed by atoms with van der Waals surface area (Å²) < 4.78 is 7.39. The first-order valence-corrected chi connectivity index (χ1v) is 6.25. The molecule has 1 aromatic rings. The molecule has 1 unspecified atom stereocenters. The van der Waals surface area contributed by atoms with E-state index in [1.807, 2.05) is 18.7 Å². The van der Waals surface area contributed by atoms with Crippen LogP contribution < -0.4 is 5.32 Å². The summed E-state index contributed by atoms with van der Waals surface area (Å²) in [6.07, 6.45) is 1.76. The van der Waals surface area contributed by atoms with E-state index in [0.717, 1.165) is 38.5 Å². The lowest BCUT2D eigenvalue weighted by molar-refractivity contribution is 0.0151. The van der Waals surface area contributed by atoms with Crippen LogP contribution in [0.4, 0.5) is 0 Å². The Labute approximate surface area is 107 Å². The van der Waals surface area contributed by atoms with E-state index in [0.29, 0.717) is 5.15 Å². The monoisotopic (exact) mass is 258 g/mol. The molecular formula is C11H19ClN4O. The van der Waals surface area contributed by atoms with E-state index in [1.54, 1.807) is 6.33 Å². The summed E-state index contributed by atoms with van der Waals surface area (Å²) in [6, 6.07) is 0.254. The zero-order chi connectivity index (χ0) is 12.3. The predicted molar refractivity (Wildman–Crippen MR) is 67.3 cm³/mol. The number of nitrogens with one attached hydrogen (secondary N) is 1. The Kier molecular flexibility index (Phi) is 4.39. The standard InChI is InChI=1S/C11H19ClN4O/c1-13-7-9(16-3-5-17-6-4-16)10-11(12)14-8-15(10)2/h8-9,13H,3-7H2,1-2H3. The predicted octanol–water partition coefficient (Wildman–Crippen LogP) is 0.666. The summed E-state index contributed by atoms with van der Waals surface area (Å²) in [7, 11) is 3.94. The van der Waals surface area contributed by atoms with Gasteiger partial charge in [0.1, 0.15) is 0 Å². The van der Waals surface area contributed by atoms with Crippen molar-refractivity contribution in [2.75, 3.05) is 39.9 Å². The van der Waals surface area contributed by atoms with Crippen LogP contribution in [0.3, 0.4) is 0 Å². The zero-order valence-corrected chi connectivity index (χ0v) is 11.1. The van der Waals surface area contributed by atoms with Gasteiger partial charge >= 0.3 is 0 Å². The molecule has 96 valence electrons. The maximum atomic E-state index is 6.18. The molecule has 0 saturated carbocycles. The molecule has 1 aromatic heterocycles. The Morgan fingerprint density at radius 3 is 2.76 bits per heavy atom. The highest BCUT2D eigenvalue weighted by Gasteiger charge is 2.26. The molecule has 2 heterocycles. The maximum absolute atomic E-state index is 6.18. The van der Waals surface area contributed by atoms with Crippen LogP contribution in [0.5, 0.6) is 0 Å². The molecule has 1 aliphatic rings. The highest BCUT2D eigenvalue weighted by atomic mass is 35.5. The van der Waals surface area contributed by atoms with Gasteiger partial charge in [0.25, 0.3) is 0 Å². The van der Waals surface area contributed by atoms with Crippen molar-refractivity contribution >= 4 is 11.6 Å². The number of halogens is 1. The third-order valence-corrected chi connectivity index (χ3v) is 3.43. The minimum Gasteiger partial charge on any atom is -0.379 e. The number of rotatable bonds is 4. The second kappa shape index (κ2) is 5.82. The van der Waals surface area contributed by atoms with Gasteiger partial charge in [-0.1, -0.05) is 11.6 Å². The molecule has 1 atom stereocenters. The van der Waals surface area contributed by atoms with Crippen LogP contribution in [0, 0.1) is 0 Å². The Hall–Kier alpha value is -0.620. The van der Waals surface area contributed by atoms with Crippen molar-refractivity contribution in [3.63, 3.8) is 0 Å². The zero-order valence-electron chi connectivity index (χ0n) is 10.3. The largest absolute Gasteiger partial charge is 0.379 e. The first-order chi connectivity index (χ1) is 8.24. The molecule has 1 fully saturated rings. The van der Waals surface area contributed by atoms with E-state index in [2.05, 4.69) is 15.2 Å². The molecule has 0 amide bonds. The molecule has 1 aliphatic heterocycles. The van der Waals surface area contributed by atoms with Crippen molar-refractivity contribution < 1.29 is 4.74 Å². The van der Waals surface area contributed by atoms with Gasteiger partial charge in [0.05, 0.1) is 31.3 Å². The van der Waals surface area contributed by atoms with Crippen molar-refractivity contribution in [1.29, 1.82) is 0 Å². The number of aryl methyl sites for hydroxylation is 1. The number of morpholine rings is 1. The quantitative estimate of drug-likeness (QED) is 0.862. The lowest BCUT2D eigenvalue weighted by Crippen LogP contribution is -2.43. The number of likely N-dealkylation sites (N-methyl/N-ethyl adjacent to an activating group) is 1. The number of aromatic nitrogens is 2. The number of hydrogen-bond acceptors (Lipinski definition) is 4. The average Bonchev–Trinajstić information content (AvgIpc) is 2.68. The van der Waals surface area contributed by atoms with Crippen LogP contribution in [0.1, 0.15) is 11.7 Å². The summed E-state index contributed by atoms with van der Waals surface area (Å²) in [4.78, 5) is 6.55. The van der Waals surface area contributed by atoms with Crippen molar-refractivity contribution in [2.24, 2.45) is 7.05 Å². The molecule has 0 bridgehead atoms. The Morgan fingerprint density at radius 1 is 1.53 bits per heavy atom. The molecule has 1 N–H and O–H groups in total. The first kappa shape index (κ1) is 12.8. The number of nitrogens with zero attached hydrogens (tertiary/aromatic N) is 3. The molecule has 0 aromatic carbocycles. The second-order valence-corrected chi connectivity index (χ2v) is 4.61.